The standard InChI is InChI=1S/C70H89N9O37P4/c1-41-36-78(69(91)75-64(41)85)61-34-53(55(38-80)112-61)115-119(97,98)107-28-24-103-20-19-102-23-27-106-118(95,96)110-40-57-54(116-120(99,100)108-29-25-104-21-18-101-22-26-105-117(93,94)109-39-56-50(83)33-60(113-56)77-17-14-58(71)74-68(77)90)35-62(114-57)79-37-43(66(87)76-70(79)92)7-13-59(84)72-15-4-2-3-5-16-73-65(86)42-6-10-46(67(88)89)49(30-42)63-47-11-8-44(81)31-51(47)111-52-32-45(82)9-12-48(52)63/h6-14,17,30-32,36-37,50,53-57,60-62,80-81,83H,2-5,15-16,18-29,33-35,38-40H2,1H3,(H,72,84)(H,73,86)(H,88,89)(H,93,94)(H,95,96)(H,97,98)(H,99,100)(H2,71,74,90)(H,75,85,91)(H,76,87,92)/t50-,53-,54-,55-,56-,57-,60-,61-,62-/m1/s1. The number of carboxylic acids is 1. The molecule has 4 aliphatic heterocycles. The molecule has 0 radical (unpaired) electrons. The van der Waals surface area contributed by atoms with Crippen molar-refractivity contribution in [3.8, 4) is 28.2 Å². The summed E-state index contributed by atoms with van der Waals surface area (Å²) in [5.74, 6) is -2.46. The molecule has 3 fully saturated rings. The number of benzene rings is 3. The van der Waals surface area contributed by atoms with Crippen molar-refractivity contribution in [3.63, 3.8) is 0 Å². The number of amides is 2. The first-order chi connectivity index (χ1) is 57.1. The smallest absolute Gasteiger partial charge is 0.472 e. The molecule has 2 aromatic carbocycles. The summed E-state index contributed by atoms with van der Waals surface area (Å²) in [5, 5.41) is 46.6. The Morgan fingerprint density at radius 2 is 1.13 bits per heavy atom. The molecular weight excluding hydrogens is 1680 g/mol. The number of phenols is 1. The number of aromatic amines is 2. The lowest BCUT2D eigenvalue weighted by Gasteiger charge is -2.22. The van der Waals surface area contributed by atoms with Gasteiger partial charge >= 0.3 is 54.3 Å². The van der Waals surface area contributed by atoms with Gasteiger partial charge in [-0.2, -0.15) is 4.98 Å². The van der Waals surface area contributed by atoms with E-state index in [1.165, 1.54) is 80.0 Å². The maximum Gasteiger partial charge on any atom is 0.472 e. The van der Waals surface area contributed by atoms with Crippen LogP contribution in [0.2, 0.25) is 0 Å². The molecule has 4 unspecified atom stereocenters. The Kier molecular flexibility index (Phi) is 33.7. The second-order valence-corrected chi connectivity index (χ2v) is 32.5. The highest BCUT2D eigenvalue weighted by Crippen LogP contribution is 2.52. The van der Waals surface area contributed by atoms with E-state index >= 15 is 0 Å². The molecule has 13 atom stereocenters. The number of ether oxygens (including phenoxy) is 7. The number of hydrogen-bond donors (Lipinski definition) is 13. The Balaban J connectivity index is 0.658. The van der Waals surface area contributed by atoms with E-state index in [2.05, 4.69) is 25.6 Å². The molecule has 120 heavy (non-hydrogen) atoms. The molecule has 0 spiro atoms. The highest BCUT2D eigenvalue weighted by molar-refractivity contribution is 7.48. The lowest BCUT2D eigenvalue weighted by Crippen LogP contribution is -2.33. The third-order valence-electron chi connectivity index (χ3n) is 18.2. The van der Waals surface area contributed by atoms with Gasteiger partial charge < -0.3 is 93.9 Å². The lowest BCUT2D eigenvalue weighted by molar-refractivity contribution is -0.116. The van der Waals surface area contributed by atoms with Gasteiger partial charge in [0.2, 0.25) is 5.91 Å². The fourth-order valence-corrected chi connectivity index (χ4v) is 15.8. The van der Waals surface area contributed by atoms with E-state index in [1.807, 2.05) is 0 Å². The number of carbonyl (C=O) groups excluding carboxylic acids is 2. The molecule has 50 heteroatoms. The lowest BCUT2D eigenvalue weighted by atomic mass is 9.89. The number of aliphatic hydroxyl groups excluding tert-OH is 2. The van der Waals surface area contributed by atoms with Gasteiger partial charge in [-0.05, 0) is 79.9 Å². The average Bonchev–Trinajstić information content (AvgIpc) is 0.862. The van der Waals surface area contributed by atoms with Crippen LogP contribution >= 0.6 is 31.3 Å². The minimum atomic E-state index is -5.13. The van der Waals surface area contributed by atoms with Crippen LogP contribution in [0.3, 0.4) is 0 Å². The molecule has 0 bridgehead atoms. The Morgan fingerprint density at radius 3 is 1.73 bits per heavy atom. The van der Waals surface area contributed by atoms with Gasteiger partial charge in [-0.3, -0.25) is 83.8 Å². The average molecular weight is 1770 g/mol. The molecule has 3 saturated heterocycles. The Hall–Kier alpha value is -8.80. The zero-order chi connectivity index (χ0) is 86.5. The van der Waals surface area contributed by atoms with E-state index in [1.54, 1.807) is 0 Å². The van der Waals surface area contributed by atoms with Gasteiger partial charge in [0.25, 0.3) is 17.0 Å². The van der Waals surface area contributed by atoms with Crippen LogP contribution in [0.4, 0.5) is 5.82 Å². The molecule has 46 nitrogen and oxygen atoms in total. The van der Waals surface area contributed by atoms with Gasteiger partial charge in [-0.15, -0.1) is 0 Å². The summed E-state index contributed by atoms with van der Waals surface area (Å²) in [6, 6.07) is 13.7. The second kappa shape index (κ2) is 43.3. The molecule has 1 aliphatic carbocycles. The predicted octanol–water partition coefficient (Wildman–Crippen LogP) is 2.19. The predicted molar refractivity (Wildman–Crippen MR) is 413 cm³/mol. The monoisotopic (exact) mass is 1770 g/mol. The third kappa shape index (κ3) is 27.1. The quantitative estimate of drug-likeness (QED) is 0.0112. The van der Waals surface area contributed by atoms with Crippen LogP contribution < -0.4 is 50.0 Å². The van der Waals surface area contributed by atoms with E-state index in [4.69, 9.17) is 79.5 Å². The summed E-state index contributed by atoms with van der Waals surface area (Å²) in [5.41, 5.74) is 1.98. The zero-order valence-corrected chi connectivity index (χ0v) is 67.5. The summed E-state index contributed by atoms with van der Waals surface area (Å²) in [4.78, 5) is 164. The van der Waals surface area contributed by atoms with Crippen LogP contribution in [0.25, 0.3) is 39.5 Å². The number of phosphoric ester groups is 4. The highest BCUT2D eigenvalue weighted by Gasteiger charge is 2.45. The molecule has 7 heterocycles. The number of aromatic nitrogens is 6. The van der Waals surface area contributed by atoms with Gasteiger partial charge in [0.15, 0.2) is 5.43 Å². The van der Waals surface area contributed by atoms with Crippen molar-refractivity contribution in [2.75, 3.05) is 118 Å². The SMILES string of the molecule is Cc1cn([C@H]2C[C@@H](OP(=O)(O)OCCOCCOCCOP(=O)(O)OC[C@H]3O[C@@H](n4cc(C=CC(=O)NCCCCCCNC(=O)c5ccc(C(=O)O)c(-c6c7ccc(=O)cc-7oc7cc(O)ccc67)c5)c(=O)[nH]c4=O)C[C@H]3OP(=O)(O)OCCOCCOCCOP(=O)(O)OC[C@H]3O[C@@H](n4ccc(N)nc4=O)C[C@H]3O)[C@@H](CO)O2)c(=O)[nH]c1=O. The topological polar surface area (TPSA) is 645 Å². The van der Waals surface area contributed by atoms with Gasteiger partial charge in [0.1, 0.15) is 72.1 Å². The van der Waals surface area contributed by atoms with Gasteiger partial charge in [-0.1, -0.05) is 12.8 Å². The summed E-state index contributed by atoms with van der Waals surface area (Å²) >= 11 is 0. The normalized spacial score (nSPS) is 21.4. The van der Waals surface area contributed by atoms with Gasteiger partial charge in [-0.25, -0.2) is 37.4 Å². The summed E-state index contributed by atoms with van der Waals surface area (Å²) in [7, 11) is -19.6. The number of phenolic OH excluding ortho intramolecular Hbond substituents is 1. The number of nitrogens with zero attached hydrogens (tertiary/aromatic N) is 4. The molecule has 14 N–H and O–H groups in total. The Bertz CT molecular complexity index is 5310. The number of aliphatic hydroxyl groups is 2. The van der Waals surface area contributed by atoms with Crippen LogP contribution in [-0.2, 0) is 92.4 Å². The molecule has 10 rings (SSSR count). The fourth-order valence-electron chi connectivity index (χ4n) is 12.5. The Morgan fingerprint density at radius 1 is 0.600 bits per heavy atom. The molecular formula is C70H89N9O37P4. The number of nitrogens with two attached hydrogens (primary N) is 1. The van der Waals surface area contributed by atoms with Crippen LogP contribution in [0.1, 0.15) is 95.5 Å². The fraction of sp³-hybridized carbons (Fsp3) is 0.486. The number of unbranched alkanes of at least 4 members (excludes halogenated alkanes) is 3. The van der Waals surface area contributed by atoms with E-state index in [-0.39, 0.29) is 135 Å². The summed E-state index contributed by atoms with van der Waals surface area (Å²) in [6.45, 7) is -4.11. The third-order valence-corrected chi connectivity index (χ3v) is 22.3. The number of aromatic hydroxyl groups is 1. The number of nitrogen functional groups attached to an aromatic ring is 1. The number of aryl methyl sites for hydroxylation is 1. The number of aromatic carboxylic acids is 1. The second-order valence-electron chi connectivity index (χ2n) is 26.8. The van der Waals surface area contributed by atoms with Crippen LogP contribution in [-0.4, -0.2) is 235 Å². The maximum absolute atomic E-state index is 13.5. The van der Waals surface area contributed by atoms with Crippen molar-refractivity contribution in [1.29, 1.82) is 0 Å². The van der Waals surface area contributed by atoms with Crippen molar-refractivity contribution in [2.24, 2.45) is 0 Å². The van der Waals surface area contributed by atoms with Crippen molar-refractivity contribution < 1.29 is 146 Å². The van der Waals surface area contributed by atoms with Gasteiger partial charge in [0, 0.05) is 96.8 Å². The summed E-state index contributed by atoms with van der Waals surface area (Å²) < 4.78 is 140. The maximum atomic E-state index is 13.5. The van der Waals surface area contributed by atoms with E-state index in [9.17, 15) is 101 Å². The van der Waals surface area contributed by atoms with E-state index in [0.717, 1.165) is 32.1 Å². The van der Waals surface area contributed by atoms with Crippen LogP contribution in [0, 0.1) is 6.92 Å². The number of H-pyrrole nitrogens is 2. The summed E-state index contributed by atoms with van der Waals surface area (Å²) in [6.07, 6.45) is -4.18. The van der Waals surface area contributed by atoms with Gasteiger partial charge in [0.05, 0.1) is 116 Å². The molecule has 5 aliphatic rings. The van der Waals surface area contributed by atoms with Crippen LogP contribution in [0.5, 0.6) is 5.75 Å². The number of hydrogen-bond acceptors (Lipinski definition) is 34. The number of nitrogens with one attached hydrogen (secondary N) is 4. The number of fused-ring (bicyclic) bond motifs is 2. The number of phosphoric acid groups is 4. The number of carbonyl (C=O) groups is 3. The van der Waals surface area contributed by atoms with E-state index in [0.29, 0.717) is 42.2 Å². The first-order valence-electron chi connectivity index (χ1n) is 37.1. The minimum absolute atomic E-state index is 0.0272. The largest absolute Gasteiger partial charge is 0.508 e. The Labute approximate surface area is 678 Å². The highest BCUT2D eigenvalue weighted by atomic mass is 31.2. The minimum Gasteiger partial charge on any atom is -0.508 e. The number of carboxylic acid groups (broad SMARTS) is 1. The molecule has 2 amide bonds. The van der Waals surface area contributed by atoms with Crippen molar-refractivity contribution in [1.82, 2.24) is 39.3 Å². The molecule has 3 aromatic heterocycles. The number of anilines is 1. The van der Waals surface area contributed by atoms with Crippen molar-refractivity contribution in [3.05, 3.63) is 170 Å². The van der Waals surface area contributed by atoms with Crippen LogP contribution in [0.15, 0.2) is 119 Å². The first-order valence-corrected chi connectivity index (χ1v) is 43.1. The first kappa shape index (κ1) is 93.5. The molecule has 0 saturated carbocycles. The number of rotatable bonds is 48. The van der Waals surface area contributed by atoms with E-state index < -0.39 is 185 Å². The molecule has 5 aromatic rings. The van der Waals surface area contributed by atoms with Crippen molar-refractivity contribution >= 4 is 71.9 Å². The van der Waals surface area contributed by atoms with Crippen molar-refractivity contribution in [2.45, 2.75) is 107 Å². The zero-order valence-electron chi connectivity index (χ0n) is 63.9. The molecule has 656 valence electrons.